The summed E-state index contributed by atoms with van der Waals surface area (Å²) in [4.78, 5) is 9.03. The molecule has 0 saturated carbocycles. The van der Waals surface area contributed by atoms with Crippen LogP contribution in [0.2, 0.25) is 0 Å². The Bertz CT molecular complexity index is 455. The van der Waals surface area contributed by atoms with Gasteiger partial charge in [0, 0.05) is 44.1 Å². The summed E-state index contributed by atoms with van der Waals surface area (Å²) in [5, 5.41) is 13.0. The van der Waals surface area contributed by atoms with Crippen molar-refractivity contribution >= 4 is 22.5 Å². The highest BCUT2D eigenvalue weighted by molar-refractivity contribution is 7.09. The summed E-state index contributed by atoms with van der Waals surface area (Å²) in [5.41, 5.74) is 5.75. The minimum atomic E-state index is 0.0165. The van der Waals surface area contributed by atoms with Crippen molar-refractivity contribution in [3.8, 4) is 0 Å². The normalized spacial score (nSPS) is 19.3. The number of hydrogen-bond acceptors (Lipinski definition) is 7. The van der Waals surface area contributed by atoms with E-state index in [9.17, 15) is 0 Å². The van der Waals surface area contributed by atoms with E-state index in [0.29, 0.717) is 5.84 Å². The van der Waals surface area contributed by atoms with Crippen molar-refractivity contribution in [1.29, 1.82) is 0 Å². The molecule has 1 unspecified atom stereocenters. The van der Waals surface area contributed by atoms with Gasteiger partial charge in [-0.25, -0.2) is 4.98 Å². The highest BCUT2D eigenvalue weighted by atomic mass is 32.1. The molecule has 1 aliphatic heterocycles. The van der Waals surface area contributed by atoms with Gasteiger partial charge in [-0.3, -0.25) is 4.90 Å². The Morgan fingerprint density at radius 3 is 2.60 bits per heavy atom. The molecule has 8 heteroatoms. The van der Waals surface area contributed by atoms with Gasteiger partial charge in [0.15, 0.2) is 5.84 Å². The summed E-state index contributed by atoms with van der Waals surface area (Å²) in [7, 11) is 0. The predicted molar refractivity (Wildman–Crippen MR) is 80.6 cm³/mol. The second-order valence-corrected chi connectivity index (χ2v) is 5.55. The van der Waals surface area contributed by atoms with E-state index in [0.717, 1.165) is 50.0 Å². The largest absolute Gasteiger partial charge is 0.409 e. The SMILES string of the molecule is CCc1nsc(N2CCN(C(CC)C(N)=NO)CC2)n1. The van der Waals surface area contributed by atoms with E-state index < -0.39 is 0 Å². The molecule has 2 heterocycles. The molecule has 0 amide bonds. The van der Waals surface area contributed by atoms with Crippen LogP contribution in [0.5, 0.6) is 0 Å². The third-order valence-electron chi connectivity index (χ3n) is 3.64. The standard InChI is InChI=1S/C12H22N6OS/c1-3-9(11(13)15-19)17-5-7-18(8-6-17)12-14-10(4-2)16-20-12/h9,19H,3-8H2,1-2H3,(H2,13,15). The molecule has 1 fully saturated rings. The maximum atomic E-state index is 8.84. The van der Waals surface area contributed by atoms with Gasteiger partial charge in [-0.1, -0.05) is 19.0 Å². The minimum absolute atomic E-state index is 0.0165. The Labute approximate surface area is 123 Å². The zero-order chi connectivity index (χ0) is 14.5. The van der Waals surface area contributed by atoms with Crippen LogP contribution >= 0.6 is 11.5 Å². The lowest BCUT2D eigenvalue weighted by Gasteiger charge is -2.38. The number of nitrogens with two attached hydrogens (primary N) is 1. The summed E-state index contributed by atoms with van der Waals surface area (Å²) in [6, 6.07) is 0.0165. The lowest BCUT2D eigenvalue weighted by molar-refractivity contribution is 0.216. The molecule has 0 aromatic carbocycles. The van der Waals surface area contributed by atoms with Crippen molar-refractivity contribution in [3.63, 3.8) is 0 Å². The third kappa shape index (κ3) is 3.18. The molecule has 1 aromatic heterocycles. The Balaban J connectivity index is 1.94. The molecule has 7 nitrogen and oxygen atoms in total. The Morgan fingerprint density at radius 2 is 2.10 bits per heavy atom. The first-order valence-electron chi connectivity index (χ1n) is 6.98. The van der Waals surface area contributed by atoms with Crippen molar-refractivity contribution in [1.82, 2.24) is 14.3 Å². The van der Waals surface area contributed by atoms with E-state index in [-0.39, 0.29) is 6.04 Å². The smallest absolute Gasteiger partial charge is 0.205 e. The van der Waals surface area contributed by atoms with Crippen molar-refractivity contribution in [2.45, 2.75) is 32.7 Å². The van der Waals surface area contributed by atoms with Gasteiger partial charge in [-0.05, 0) is 6.42 Å². The number of rotatable bonds is 5. The number of aryl methyl sites for hydroxylation is 1. The Hall–Kier alpha value is -1.41. The van der Waals surface area contributed by atoms with Crippen LogP contribution in [-0.2, 0) is 6.42 Å². The minimum Gasteiger partial charge on any atom is -0.409 e. The van der Waals surface area contributed by atoms with E-state index in [4.69, 9.17) is 10.9 Å². The molecular weight excluding hydrogens is 276 g/mol. The number of amidine groups is 1. The summed E-state index contributed by atoms with van der Waals surface area (Å²) < 4.78 is 4.32. The highest BCUT2D eigenvalue weighted by Gasteiger charge is 2.26. The second kappa shape index (κ2) is 6.85. The lowest BCUT2D eigenvalue weighted by atomic mass is 10.1. The van der Waals surface area contributed by atoms with Crippen LogP contribution in [0, 0.1) is 0 Å². The van der Waals surface area contributed by atoms with Crippen LogP contribution in [0.25, 0.3) is 0 Å². The van der Waals surface area contributed by atoms with Crippen LogP contribution < -0.4 is 10.6 Å². The fraction of sp³-hybridized carbons (Fsp3) is 0.750. The molecule has 0 bridgehead atoms. The highest BCUT2D eigenvalue weighted by Crippen LogP contribution is 2.20. The average molecular weight is 298 g/mol. The fourth-order valence-corrected chi connectivity index (χ4v) is 3.26. The topological polar surface area (TPSA) is 90.9 Å². The second-order valence-electron chi connectivity index (χ2n) is 4.82. The van der Waals surface area contributed by atoms with Crippen molar-refractivity contribution in [2.75, 3.05) is 31.1 Å². The number of oxime groups is 1. The Morgan fingerprint density at radius 1 is 1.40 bits per heavy atom. The van der Waals surface area contributed by atoms with Crippen LogP contribution in [-0.4, -0.2) is 57.5 Å². The molecular formula is C12H22N6OS. The summed E-state index contributed by atoms with van der Waals surface area (Å²) >= 11 is 1.46. The molecule has 20 heavy (non-hydrogen) atoms. The van der Waals surface area contributed by atoms with E-state index in [2.05, 4.69) is 31.2 Å². The molecule has 2 rings (SSSR count). The number of piperazine rings is 1. The Kier molecular flexibility index (Phi) is 5.13. The fourth-order valence-electron chi connectivity index (χ4n) is 2.46. The van der Waals surface area contributed by atoms with Crippen LogP contribution in [0.3, 0.4) is 0 Å². The maximum Gasteiger partial charge on any atom is 0.205 e. The van der Waals surface area contributed by atoms with Crippen LogP contribution in [0.4, 0.5) is 5.13 Å². The first-order chi connectivity index (χ1) is 9.69. The lowest BCUT2D eigenvalue weighted by Crippen LogP contribution is -2.54. The van der Waals surface area contributed by atoms with E-state index in [1.807, 2.05) is 6.92 Å². The van der Waals surface area contributed by atoms with Crippen LogP contribution in [0.1, 0.15) is 26.1 Å². The monoisotopic (exact) mass is 298 g/mol. The number of anilines is 1. The van der Waals surface area contributed by atoms with Gasteiger partial charge in [-0.2, -0.15) is 4.37 Å². The summed E-state index contributed by atoms with van der Waals surface area (Å²) in [6.45, 7) is 7.67. The molecule has 0 spiro atoms. The first kappa shape index (κ1) is 15.0. The van der Waals surface area contributed by atoms with E-state index in [1.165, 1.54) is 11.5 Å². The number of aromatic nitrogens is 2. The van der Waals surface area contributed by atoms with Gasteiger partial charge in [-0.15, -0.1) is 0 Å². The summed E-state index contributed by atoms with van der Waals surface area (Å²) in [5.74, 6) is 1.21. The third-order valence-corrected chi connectivity index (χ3v) is 4.46. The zero-order valence-electron chi connectivity index (χ0n) is 12.0. The average Bonchev–Trinajstić information content (AvgIpc) is 2.97. The number of hydrogen-bond donors (Lipinski definition) is 2. The van der Waals surface area contributed by atoms with Gasteiger partial charge < -0.3 is 15.8 Å². The molecule has 112 valence electrons. The zero-order valence-corrected chi connectivity index (χ0v) is 12.8. The number of nitrogens with zero attached hydrogens (tertiary/aromatic N) is 5. The molecule has 1 atom stereocenters. The molecule has 0 radical (unpaired) electrons. The van der Waals surface area contributed by atoms with Gasteiger partial charge in [0.05, 0.1) is 6.04 Å². The van der Waals surface area contributed by atoms with Gasteiger partial charge in [0.25, 0.3) is 0 Å². The molecule has 3 N–H and O–H groups in total. The maximum absolute atomic E-state index is 8.84. The van der Waals surface area contributed by atoms with Gasteiger partial charge in [0.2, 0.25) is 5.13 Å². The summed E-state index contributed by atoms with van der Waals surface area (Å²) in [6.07, 6.45) is 1.71. The first-order valence-corrected chi connectivity index (χ1v) is 7.75. The van der Waals surface area contributed by atoms with Crippen molar-refractivity contribution in [3.05, 3.63) is 5.82 Å². The van der Waals surface area contributed by atoms with Crippen molar-refractivity contribution in [2.24, 2.45) is 10.9 Å². The molecule has 1 aromatic rings. The molecule has 1 saturated heterocycles. The van der Waals surface area contributed by atoms with Crippen molar-refractivity contribution < 1.29 is 5.21 Å². The quantitative estimate of drug-likeness (QED) is 0.361. The van der Waals surface area contributed by atoms with Gasteiger partial charge in [0.1, 0.15) is 5.82 Å². The van der Waals surface area contributed by atoms with E-state index >= 15 is 0 Å². The molecule has 0 aliphatic carbocycles. The van der Waals surface area contributed by atoms with Gasteiger partial charge >= 0.3 is 0 Å². The molecule has 1 aliphatic rings. The van der Waals surface area contributed by atoms with Crippen LogP contribution in [0.15, 0.2) is 5.16 Å². The van der Waals surface area contributed by atoms with E-state index in [1.54, 1.807) is 0 Å². The predicted octanol–water partition coefficient (Wildman–Crippen LogP) is 0.748.